The number of aromatic nitrogens is 2. The van der Waals surface area contributed by atoms with Gasteiger partial charge in [0, 0.05) is 11.3 Å². The van der Waals surface area contributed by atoms with Gasteiger partial charge in [-0.2, -0.15) is 0 Å². The predicted octanol–water partition coefficient (Wildman–Crippen LogP) is 4.19. The maximum Gasteiger partial charge on any atom is 0.276 e. The Morgan fingerprint density at radius 2 is 1.78 bits per heavy atom. The second kappa shape index (κ2) is 6.54. The Hall–Kier alpha value is -2.79. The molecule has 0 atom stereocenters. The lowest BCUT2D eigenvalue weighted by atomic mass is 10.1. The van der Waals surface area contributed by atoms with Crippen molar-refractivity contribution in [3.8, 4) is 11.3 Å². The first-order valence-corrected chi connectivity index (χ1v) is 7.17. The van der Waals surface area contributed by atoms with E-state index in [2.05, 4.69) is 15.5 Å². The van der Waals surface area contributed by atoms with E-state index in [1.54, 1.807) is 12.1 Å². The van der Waals surface area contributed by atoms with Crippen molar-refractivity contribution in [2.75, 3.05) is 5.32 Å². The summed E-state index contributed by atoms with van der Waals surface area (Å²) in [5.74, 6) is -0.989. The standard InChI is InChI=1S/C17H11ClFN3O/c18-13-10-12(6-7-14(13)19)20-17(23)16-9-8-15(21-22-16)11-4-2-1-3-5-11/h1-10H,(H,20,23). The number of amides is 1. The van der Waals surface area contributed by atoms with Crippen LogP contribution in [-0.4, -0.2) is 16.1 Å². The molecule has 0 aliphatic rings. The topological polar surface area (TPSA) is 54.9 Å². The third kappa shape index (κ3) is 3.52. The van der Waals surface area contributed by atoms with Gasteiger partial charge >= 0.3 is 0 Å². The zero-order valence-electron chi connectivity index (χ0n) is 11.8. The molecule has 0 saturated carbocycles. The lowest BCUT2D eigenvalue weighted by molar-refractivity contribution is 0.102. The van der Waals surface area contributed by atoms with Crippen molar-refractivity contribution in [2.24, 2.45) is 0 Å². The lowest BCUT2D eigenvalue weighted by Crippen LogP contribution is -2.14. The predicted molar refractivity (Wildman–Crippen MR) is 86.8 cm³/mol. The van der Waals surface area contributed by atoms with Gasteiger partial charge in [-0.25, -0.2) is 4.39 Å². The number of anilines is 1. The van der Waals surface area contributed by atoms with Crippen molar-refractivity contribution >= 4 is 23.2 Å². The van der Waals surface area contributed by atoms with Crippen LogP contribution in [0.1, 0.15) is 10.5 Å². The monoisotopic (exact) mass is 327 g/mol. The van der Waals surface area contributed by atoms with E-state index in [-0.39, 0.29) is 10.7 Å². The molecule has 0 spiro atoms. The van der Waals surface area contributed by atoms with Crippen LogP contribution in [0.25, 0.3) is 11.3 Å². The molecule has 1 heterocycles. The van der Waals surface area contributed by atoms with Crippen molar-refractivity contribution in [2.45, 2.75) is 0 Å². The summed E-state index contributed by atoms with van der Waals surface area (Å²) >= 11 is 5.68. The first-order chi connectivity index (χ1) is 11.1. The summed E-state index contributed by atoms with van der Waals surface area (Å²) in [5, 5.41) is 10.5. The van der Waals surface area contributed by atoms with Crippen molar-refractivity contribution in [3.05, 3.63) is 77.2 Å². The first kappa shape index (κ1) is 15.1. The molecule has 1 aromatic heterocycles. The van der Waals surface area contributed by atoms with Crippen LogP contribution in [0.4, 0.5) is 10.1 Å². The molecular formula is C17H11ClFN3O. The Morgan fingerprint density at radius 1 is 1.00 bits per heavy atom. The zero-order chi connectivity index (χ0) is 16.2. The molecule has 0 saturated heterocycles. The molecule has 0 aliphatic carbocycles. The molecule has 0 radical (unpaired) electrons. The van der Waals surface area contributed by atoms with E-state index in [9.17, 15) is 9.18 Å². The maximum atomic E-state index is 13.1. The minimum absolute atomic E-state index is 0.0618. The second-order valence-electron chi connectivity index (χ2n) is 4.75. The quantitative estimate of drug-likeness (QED) is 0.784. The van der Waals surface area contributed by atoms with E-state index < -0.39 is 11.7 Å². The highest BCUT2D eigenvalue weighted by Gasteiger charge is 2.10. The third-order valence-electron chi connectivity index (χ3n) is 3.14. The second-order valence-corrected chi connectivity index (χ2v) is 5.16. The highest BCUT2D eigenvalue weighted by Crippen LogP contribution is 2.20. The van der Waals surface area contributed by atoms with Crippen LogP contribution in [0.5, 0.6) is 0 Å². The first-order valence-electron chi connectivity index (χ1n) is 6.79. The summed E-state index contributed by atoms with van der Waals surface area (Å²) in [7, 11) is 0. The van der Waals surface area contributed by atoms with E-state index in [0.717, 1.165) is 5.56 Å². The Morgan fingerprint density at radius 3 is 2.43 bits per heavy atom. The van der Waals surface area contributed by atoms with Crippen molar-refractivity contribution in [1.29, 1.82) is 0 Å². The summed E-state index contributed by atoms with van der Waals surface area (Å²) in [6.45, 7) is 0. The van der Waals surface area contributed by atoms with Crippen molar-refractivity contribution in [1.82, 2.24) is 10.2 Å². The summed E-state index contributed by atoms with van der Waals surface area (Å²) in [4.78, 5) is 12.1. The number of halogens is 2. The Labute approximate surface area is 136 Å². The van der Waals surface area contributed by atoms with Crippen LogP contribution in [0.15, 0.2) is 60.7 Å². The van der Waals surface area contributed by atoms with E-state index in [0.29, 0.717) is 11.4 Å². The number of rotatable bonds is 3. The Bertz CT molecular complexity index is 838. The van der Waals surface area contributed by atoms with Gasteiger partial charge in [0.2, 0.25) is 0 Å². The lowest BCUT2D eigenvalue weighted by Gasteiger charge is -2.06. The highest BCUT2D eigenvalue weighted by molar-refractivity contribution is 6.31. The average molecular weight is 328 g/mol. The van der Waals surface area contributed by atoms with Gasteiger partial charge in [0.15, 0.2) is 5.69 Å². The number of carbonyl (C=O) groups is 1. The fourth-order valence-electron chi connectivity index (χ4n) is 1.99. The number of carbonyl (C=O) groups excluding carboxylic acids is 1. The molecule has 1 N–H and O–H groups in total. The average Bonchev–Trinajstić information content (AvgIpc) is 2.59. The smallest absolute Gasteiger partial charge is 0.276 e. The number of nitrogens with one attached hydrogen (secondary N) is 1. The normalized spacial score (nSPS) is 10.3. The molecular weight excluding hydrogens is 317 g/mol. The summed E-state index contributed by atoms with van der Waals surface area (Å²) in [6, 6.07) is 16.8. The molecule has 4 nitrogen and oxygen atoms in total. The maximum absolute atomic E-state index is 13.1. The molecule has 114 valence electrons. The summed E-state index contributed by atoms with van der Waals surface area (Å²) < 4.78 is 13.1. The minimum Gasteiger partial charge on any atom is -0.321 e. The molecule has 0 unspecified atom stereocenters. The van der Waals surface area contributed by atoms with Gasteiger partial charge in [-0.05, 0) is 30.3 Å². The SMILES string of the molecule is O=C(Nc1ccc(F)c(Cl)c1)c1ccc(-c2ccccc2)nn1. The van der Waals surface area contributed by atoms with E-state index in [1.807, 2.05) is 30.3 Å². The third-order valence-corrected chi connectivity index (χ3v) is 3.43. The van der Waals surface area contributed by atoms with Gasteiger partial charge in [0.1, 0.15) is 5.82 Å². The number of benzene rings is 2. The van der Waals surface area contributed by atoms with Gasteiger partial charge in [0.25, 0.3) is 5.91 Å². The van der Waals surface area contributed by atoms with E-state index >= 15 is 0 Å². The molecule has 3 aromatic rings. The van der Waals surface area contributed by atoms with Crippen molar-refractivity contribution < 1.29 is 9.18 Å². The number of hydrogen-bond donors (Lipinski definition) is 1. The van der Waals surface area contributed by atoms with Crippen molar-refractivity contribution in [3.63, 3.8) is 0 Å². The molecule has 23 heavy (non-hydrogen) atoms. The van der Waals surface area contributed by atoms with Gasteiger partial charge in [-0.1, -0.05) is 41.9 Å². The highest BCUT2D eigenvalue weighted by atomic mass is 35.5. The Kier molecular flexibility index (Phi) is 4.30. The largest absolute Gasteiger partial charge is 0.321 e. The van der Waals surface area contributed by atoms with Gasteiger partial charge < -0.3 is 5.32 Å². The molecule has 3 rings (SSSR count). The van der Waals surface area contributed by atoms with E-state index in [1.165, 1.54) is 18.2 Å². The zero-order valence-corrected chi connectivity index (χ0v) is 12.6. The van der Waals surface area contributed by atoms with Crippen LogP contribution in [0, 0.1) is 5.82 Å². The van der Waals surface area contributed by atoms with Crippen LogP contribution < -0.4 is 5.32 Å². The molecule has 1 amide bonds. The number of nitrogens with zero attached hydrogens (tertiary/aromatic N) is 2. The van der Waals surface area contributed by atoms with Crippen LogP contribution in [-0.2, 0) is 0 Å². The molecule has 2 aromatic carbocycles. The van der Waals surface area contributed by atoms with Gasteiger partial charge in [0.05, 0.1) is 10.7 Å². The van der Waals surface area contributed by atoms with Gasteiger partial charge in [-0.15, -0.1) is 10.2 Å². The fourth-order valence-corrected chi connectivity index (χ4v) is 2.17. The van der Waals surface area contributed by atoms with Crippen LogP contribution >= 0.6 is 11.6 Å². The fraction of sp³-hybridized carbons (Fsp3) is 0. The molecule has 6 heteroatoms. The van der Waals surface area contributed by atoms with Crippen LogP contribution in [0.2, 0.25) is 5.02 Å². The van der Waals surface area contributed by atoms with E-state index in [4.69, 9.17) is 11.6 Å². The molecule has 0 bridgehead atoms. The number of hydrogen-bond acceptors (Lipinski definition) is 3. The molecule has 0 fully saturated rings. The summed E-state index contributed by atoms with van der Waals surface area (Å²) in [6.07, 6.45) is 0. The minimum atomic E-state index is -0.545. The van der Waals surface area contributed by atoms with Crippen LogP contribution in [0.3, 0.4) is 0 Å². The van der Waals surface area contributed by atoms with Gasteiger partial charge in [-0.3, -0.25) is 4.79 Å². The Balaban J connectivity index is 1.76. The molecule has 0 aliphatic heterocycles. The summed E-state index contributed by atoms with van der Waals surface area (Å²) in [5.41, 5.74) is 2.13.